The maximum Gasteiger partial charge on any atom is 0.360 e. The van der Waals surface area contributed by atoms with Crippen molar-refractivity contribution in [1.82, 2.24) is 0 Å². The van der Waals surface area contributed by atoms with E-state index in [1.165, 1.54) is 0 Å². The summed E-state index contributed by atoms with van der Waals surface area (Å²) in [6, 6.07) is 0. The van der Waals surface area contributed by atoms with Crippen LogP contribution >= 0.6 is 0 Å². The minimum atomic E-state index is -1.93. The highest BCUT2D eigenvalue weighted by Crippen LogP contribution is 2.04. The average molecular weight is 146 g/mol. The van der Waals surface area contributed by atoms with Gasteiger partial charge in [-0.1, -0.05) is 0 Å². The van der Waals surface area contributed by atoms with E-state index in [1.54, 1.807) is 12.8 Å². The average Bonchev–Trinajstić information content (AvgIpc) is 1.89. The van der Waals surface area contributed by atoms with Crippen molar-refractivity contribution in [3.05, 3.63) is 12.3 Å². The van der Waals surface area contributed by atoms with Crippen LogP contribution in [0.25, 0.3) is 0 Å². The van der Waals surface area contributed by atoms with Gasteiger partial charge in [-0.15, -0.1) is 6.58 Å². The van der Waals surface area contributed by atoms with Crippen molar-refractivity contribution in [3.8, 4) is 0 Å². The Bertz CT molecular complexity index is 95.1. The largest absolute Gasteiger partial charge is 0.395 e. The summed E-state index contributed by atoms with van der Waals surface area (Å²) in [7, 11) is -0.277. The van der Waals surface area contributed by atoms with Gasteiger partial charge in [-0.2, -0.15) is 0 Å². The van der Waals surface area contributed by atoms with Gasteiger partial charge in [-0.05, 0) is 19.2 Å². The molecule has 0 aliphatic heterocycles. The predicted molar refractivity (Wildman–Crippen MR) is 40.5 cm³/mol. The topological polar surface area (TPSA) is 18.5 Å². The van der Waals surface area contributed by atoms with E-state index < -0.39 is 8.56 Å². The zero-order valence-electron chi connectivity index (χ0n) is 6.31. The molecule has 0 N–H and O–H groups in total. The van der Waals surface area contributed by atoms with Crippen LogP contribution in [0.5, 0.6) is 0 Å². The lowest BCUT2D eigenvalue weighted by molar-refractivity contribution is 0.228. The quantitative estimate of drug-likeness (QED) is 0.559. The number of hydrogen-bond donors (Lipinski definition) is 0. The third-order valence-electron chi connectivity index (χ3n) is 1.21. The van der Waals surface area contributed by atoms with Crippen molar-refractivity contribution in [2.75, 3.05) is 13.7 Å². The van der Waals surface area contributed by atoms with E-state index in [0.29, 0.717) is 6.61 Å². The van der Waals surface area contributed by atoms with Gasteiger partial charge in [-0.3, -0.25) is 0 Å². The Morgan fingerprint density at radius 1 is 1.67 bits per heavy atom. The molecule has 0 aliphatic carbocycles. The van der Waals surface area contributed by atoms with Crippen molar-refractivity contribution in [2.45, 2.75) is 13.5 Å². The first-order valence-corrected chi connectivity index (χ1v) is 5.40. The Kier molecular flexibility index (Phi) is 3.77. The molecule has 0 aromatic heterocycles. The minimum absolute atomic E-state index is 0.697. The molecular formula is C6H14O2Si. The smallest absolute Gasteiger partial charge is 0.360 e. The van der Waals surface area contributed by atoms with Crippen molar-refractivity contribution >= 4 is 8.56 Å². The number of hydrogen-bond acceptors (Lipinski definition) is 2. The van der Waals surface area contributed by atoms with Gasteiger partial charge in [0, 0.05) is 13.7 Å². The fourth-order valence-corrected chi connectivity index (χ4v) is 1.46. The molecule has 0 fully saturated rings. The monoisotopic (exact) mass is 146 g/mol. The van der Waals surface area contributed by atoms with Gasteiger partial charge in [0.1, 0.15) is 0 Å². The molecule has 0 rings (SSSR count). The molecule has 1 atom stereocenters. The molecule has 0 bridgehead atoms. The van der Waals surface area contributed by atoms with Crippen molar-refractivity contribution in [3.63, 3.8) is 0 Å². The SMILES string of the molecule is C=C[Si](C)(OC)OCC. The Labute approximate surface area is 57.7 Å². The van der Waals surface area contributed by atoms with E-state index >= 15 is 0 Å². The molecule has 0 aromatic rings. The molecule has 0 amide bonds. The third-order valence-corrected chi connectivity index (χ3v) is 3.62. The first-order chi connectivity index (χ1) is 4.18. The summed E-state index contributed by atoms with van der Waals surface area (Å²) in [5, 5.41) is 0. The van der Waals surface area contributed by atoms with Crippen LogP contribution in [-0.2, 0) is 8.85 Å². The predicted octanol–water partition coefficient (Wildman–Crippen LogP) is 1.47. The molecule has 0 radical (unpaired) electrons. The molecule has 9 heavy (non-hydrogen) atoms. The minimum Gasteiger partial charge on any atom is -0.395 e. The zero-order chi connectivity index (χ0) is 7.33. The first-order valence-electron chi connectivity index (χ1n) is 3.01. The second-order valence-electron chi connectivity index (χ2n) is 1.86. The van der Waals surface area contributed by atoms with Crippen LogP contribution in [0.15, 0.2) is 12.3 Å². The van der Waals surface area contributed by atoms with Crippen LogP contribution in [0.1, 0.15) is 6.92 Å². The van der Waals surface area contributed by atoms with E-state index in [0.717, 1.165) is 0 Å². The molecule has 0 aliphatic rings. The molecule has 54 valence electrons. The van der Waals surface area contributed by atoms with Gasteiger partial charge in [0.2, 0.25) is 0 Å². The Balaban J connectivity index is 3.76. The lowest BCUT2D eigenvalue weighted by Gasteiger charge is -2.19. The summed E-state index contributed by atoms with van der Waals surface area (Å²) in [5.74, 6) is 0. The van der Waals surface area contributed by atoms with Crippen LogP contribution in [0.4, 0.5) is 0 Å². The van der Waals surface area contributed by atoms with Gasteiger partial charge in [0.15, 0.2) is 0 Å². The fourth-order valence-electron chi connectivity index (χ4n) is 0.488. The maximum atomic E-state index is 5.33. The molecule has 3 heteroatoms. The summed E-state index contributed by atoms with van der Waals surface area (Å²) in [6.07, 6.45) is 0. The van der Waals surface area contributed by atoms with Gasteiger partial charge in [-0.25, -0.2) is 0 Å². The molecule has 0 saturated carbocycles. The zero-order valence-corrected chi connectivity index (χ0v) is 7.31. The second kappa shape index (κ2) is 3.82. The van der Waals surface area contributed by atoms with Gasteiger partial charge >= 0.3 is 8.56 Å². The highest BCUT2D eigenvalue weighted by molar-refractivity contribution is 6.71. The molecule has 0 aromatic carbocycles. The third kappa shape index (κ3) is 2.79. The van der Waals surface area contributed by atoms with E-state index in [1.807, 2.05) is 13.5 Å². The van der Waals surface area contributed by atoms with Gasteiger partial charge in [0.05, 0.1) is 0 Å². The lowest BCUT2D eigenvalue weighted by Crippen LogP contribution is -2.34. The standard InChI is InChI=1S/C6H14O2Si/c1-5-8-9(4,6-2)7-3/h6H,2,5H2,1,3-4H3. The normalized spacial score (nSPS) is 16.8. The maximum absolute atomic E-state index is 5.33. The summed E-state index contributed by atoms with van der Waals surface area (Å²) in [4.78, 5) is 0. The van der Waals surface area contributed by atoms with Crippen molar-refractivity contribution in [2.24, 2.45) is 0 Å². The first kappa shape index (κ1) is 8.88. The Morgan fingerprint density at radius 3 is 2.33 bits per heavy atom. The molecule has 2 nitrogen and oxygen atoms in total. The van der Waals surface area contributed by atoms with E-state index in [-0.39, 0.29) is 0 Å². The van der Waals surface area contributed by atoms with Crippen molar-refractivity contribution in [1.29, 1.82) is 0 Å². The van der Waals surface area contributed by atoms with E-state index in [4.69, 9.17) is 8.85 Å². The molecule has 0 heterocycles. The van der Waals surface area contributed by atoms with Gasteiger partial charge < -0.3 is 8.85 Å². The van der Waals surface area contributed by atoms with Crippen LogP contribution < -0.4 is 0 Å². The summed E-state index contributed by atoms with van der Waals surface area (Å²) in [5.41, 5.74) is 1.77. The van der Waals surface area contributed by atoms with Crippen LogP contribution in [0, 0.1) is 0 Å². The summed E-state index contributed by atoms with van der Waals surface area (Å²) in [6.45, 7) is 8.24. The van der Waals surface area contributed by atoms with Gasteiger partial charge in [0.25, 0.3) is 0 Å². The van der Waals surface area contributed by atoms with Crippen LogP contribution in [0.3, 0.4) is 0 Å². The molecule has 0 spiro atoms. The highest BCUT2D eigenvalue weighted by Gasteiger charge is 2.24. The summed E-state index contributed by atoms with van der Waals surface area (Å²) < 4.78 is 10.5. The highest BCUT2D eigenvalue weighted by atomic mass is 28.4. The second-order valence-corrected chi connectivity index (χ2v) is 4.99. The van der Waals surface area contributed by atoms with Crippen molar-refractivity contribution < 1.29 is 8.85 Å². The van der Waals surface area contributed by atoms with Crippen LogP contribution in [-0.4, -0.2) is 22.3 Å². The Morgan fingerprint density at radius 2 is 2.22 bits per heavy atom. The number of rotatable bonds is 4. The van der Waals surface area contributed by atoms with Crippen LogP contribution in [0.2, 0.25) is 6.55 Å². The van der Waals surface area contributed by atoms with E-state index in [9.17, 15) is 0 Å². The van der Waals surface area contributed by atoms with E-state index in [2.05, 4.69) is 6.58 Å². The molecular weight excluding hydrogens is 132 g/mol. The Hall–Kier alpha value is -0.123. The molecule has 1 unspecified atom stereocenters. The fraction of sp³-hybridized carbons (Fsp3) is 0.667. The molecule has 0 saturated heterocycles. The lowest BCUT2D eigenvalue weighted by atomic mass is 10.9. The summed E-state index contributed by atoms with van der Waals surface area (Å²) >= 11 is 0.